The highest BCUT2D eigenvalue weighted by Crippen LogP contribution is 2.38. The smallest absolute Gasteiger partial charge is 0.177 e. The molecule has 0 aliphatic heterocycles. The first-order valence-electron chi connectivity index (χ1n) is 5.64. The number of benzene rings is 1. The fourth-order valence-corrected chi connectivity index (χ4v) is 2.73. The zero-order valence-electron chi connectivity index (χ0n) is 10.1. The number of nitrogens with zero attached hydrogens (tertiary/aromatic N) is 4. The van der Waals surface area contributed by atoms with E-state index in [4.69, 9.17) is 0 Å². The Kier molecular flexibility index (Phi) is 2.92. The minimum absolute atomic E-state index is 0.264. The van der Waals surface area contributed by atoms with Crippen LogP contribution in [0.5, 0.6) is 5.75 Å². The monoisotopic (exact) mass is 270 g/mol. The molecule has 0 fully saturated rings. The Labute approximate surface area is 113 Å². The Morgan fingerprint density at radius 1 is 1.21 bits per heavy atom. The number of azo groups is 1. The number of fused-ring (bicyclic) bond motifs is 1. The molecule has 0 amide bonds. The number of aromatic hydroxyl groups is 1. The van der Waals surface area contributed by atoms with Crippen LogP contribution in [0.25, 0.3) is 10.1 Å². The number of rotatable bonds is 2. The van der Waals surface area contributed by atoms with E-state index >= 15 is 0 Å². The number of hydrogen-bond donors (Lipinski definition) is 1. The third-order valence-electron chi connectivity index (χ3n) is 2.59. The first kappa shape index (κ1) is 11.7. The van der Waals surface area contributed by atoms with E-state index < -0.39 is 0 Å². The van der Waals surface area contributed by atoms with Gasteiger partial charge >= 0.3 is 0 Å². The lowest BCUT2D eigenvalue weighted by atomic mass is 10.2. The van der Waals surface area contributed by atoms with Crippen LogP contribution in [-0.2, 0) is 0 Å². The van der Waals surface area contributed by atoms with E-state index in [-0.39, 0.29) is 5.75 Å². The summed E-state index contributed by atoms with van der Waals surface area (Å²) in [5, 5.41) is 18.9. The molecule has 2 aromatic heterocycles. The number of aryl methyl sites for hydroxylation is 1. The standard InChI is InChI=1S/C13H10N4OS/c1-8-6-9-11(18)3-2-10(13(9)19-8)16-17-12-4-5-14-7-15-12/h2-7,18H,1H3. The maximum absolute atomic E-state index is 9.81. The average Bonchev–Trinajstić information content (AvgIpc) is 2.82. The van der Waals surface area contributed by atoms with E-state index in [0.29, 0.717) is 5.82 Å². The zero-order valence-corrected chi connectivity index (χ0v) is 10.9. The van der Waals surface area contributed by atoms with Crippen molar-refractivity contribution >= 4 is 32.9 Å². The van der Waals surface area contributed by atoms with Crippen LogP contribution in [0, 0.1) is 6.92 Å². The van der Waals surface area contributed by atoms with Crippen LogP contribution in [0.4, 0.5) is 11.5 Å². The molecule has 0 spiro atoms. The Morgan fingerprint density at radius 2 is 2.11 bits per heavy atom. The Bertz CT molecular complexity index is 752. The van der Waals surface area contributed by atoms with E-state index in [1.165, 1.54) is 6.33 Å². The van der Waals surface area contributed by atoms with Crippen LogP contribution < -0.4 is 0 Å². The van der Waals surface area contributed by atoms with Gasteiger partial charge in [0.05, 0.1) is 4.70 Å². The maximum Gasteiger partial charge on any atom is 0.177 e. The van der Waals surface area contributed by atoms with Gasteiger partial charge in [-0.05, 0) is 25.1 Å². The summed E-state index contributed by atoms with van der Waals surface area (Å²) in [6.45, 7) is 2.00. The Balaban J connectivity index is 2.06. The molecule has 1 N–H and O–H groups in total. The van der Waals surface area contributed by atoms with Gasteiger partial charge in [-0.1, -0.05) is 0 Å². The number of phenols is 1. The highest BCUT2D eigenvalue weighted by atomic mass is 32.1. The van der Waals surface area contributed by atoms with Gasteiger partial charge in [0.1, 0.15) is 17.8 Å². The lowest BCUT2D eigenvalue weighted by Gasteiger charge is -1.97. The van der Waals surface area contributed by atoms with Crippen LogP contribution >= 0.6 is 11.3 Å². The number of phenolic OH excluding ortho intramolecular Hbond substituents is 1. The van der Waals surface area contributed by atoms with Crippen molar-refractivity contribution in [3.05, 3.63) is 41.7 Å². The largest absolute Gasteiger partial charge is 0.507 e. The molecule has 1 aromatic carbocycles. The summed E-state index contributed by atoms with van der Waals surface area (Å²) in [6.07, 6.45) is 3.04. The summed E-state index contributed by atoms with van der Waals surface area (Å²) < 4.78 is 0.926. The van der Waals surface area contributed by atoms with Gasteiger partial charge in [0.2, 0.25) is 0 Å². The molecular formula is C13H10N4OS. The van der Waals surface area contributed by atoms with E-state index in [2.05, 4.69) is 20.2 Å². The van der Waals surface area contributed by atoms with Gasteiger partial charge < -0.3 is 5.11 Å². The lowest BCUT2D eigenvalue weighted by molar-refractivity contribution is 0.482. The molecule has 0 aliphatic rings. The quantitative estimate of drug-likeness (QED) is 0.712. The minimum atomic E-state index is 0.264. The molecule has 0 saturated heterocycles. The predicted molar refractivity (Wildman–Crippen MR) is 74.4 cm³/mol. The third kappa shape index (κ3) is 2.30. The molecule has 0 aliphatic carbocycles. The highest BCUT2D eigenvalue weighted by Gasteiger charge is 2.08. The normalized spacial score (nSPS) is 11.4. The Morgan fingerprint density at radius 3 is 2.89 bits per heavy atom. The molecule has 5 nitrogen and oxygen atoms in total. The summed E-state index contributed by atoms with van der Waals surface area (Å²) in [5.74, 6) is 0.768. The van der Waals surface area contributed by atoms with Gasteiger partial charge in [0.25, 0.3) is 0 Å². The summed E-state index contributed by atoms with van der Waals surface area (Å²) in [7, 11) is 0. The number of aromatic nitrogens is 2. The highest BCUT2D eigenvalue weighted by molar-refractivity contribution is 7.19. The SMILES string of the molecule is Cc1cc2c(O)ccc(N=Nc3ccncn3)c2s1. The van der Waals surface area contributed by atoms with Crippen LogP contribution in [0.15, 0.2) is 47.0 Å². The number of thiophene rings is 1. The number of hydrogen-bond acceptors (Lipinski definition) is 6. The van der Waals surface area contributed by atoms with E-state index in [9.17, 15) is 5.11 Å². The fourth-order valence-electron chi connectivity index (χ4n) is 1.74. The predicted octanol–water partition coefficient (Wildman–Crippen LogP) is 4.12. The van der Waals surface area contributed by atoms with Gasteiger partial charge in [-0.2, -0.15) is 0 Å². The summed E-state index contributed by atoms with van der Waals surface area (Å²) >= 11 is 1.58. The van der Waals surface area contributed by atoms with Gasteiger partial charge in [-0.15, -0.1) is 21.6 Å². The van der Waals surface area contributed by atoms with Gasteiger partial charge in [-0.25, -0.2) is 9.97 Å². The summed E-state index contributed by atoms with van der Waals surface area (Å²) in [6, 6.07) is 7.00. The van der Waals surface area contributed by atoms with Crippen molar-refractivity contribution in [3.8, 4) is 5.75 Å². The molecule has 94 valence electrons. The van der Waals surface area contributed by atoms with Gasteiger partial charge in [0.15, 0.2) is 5.82 Å². The van der Waals surface area contributed by atoms with Crippen molar-refractivity contribution in [2.45, 2.75) is 6.92 Å². The molecular weight excluding hydrogens is 260 g/mol. The van der Waals surface area contributed by atoms with Crippen molar-refractivity contribution in [2.75, 3.05) is 0 Å². The molecule has 2 heterocycles. The zero-order chi connectivity index (χ0) is 13.2. The third-order valence-corrected chi connectivity index (χ3v) is 3.66. The Hall–Kier alpha value is -2.34. The van der Waals surface area contributed by atoms with Gasteiger partial charge in [0, 0.05) is 22.5 Å². The van der Waals surface area contributed by atoms with Crippen LogP contribution in [0.2, 0.25) is 0 Å². The van der Waals surface area contributed by atoms with Crippen LogP contribution in [-0.4, -0.2) is 15.1 Å². The van der Waals surface area contributed by atoms with E-state index in [0.717, 1.165) is 20.7 Å². The molecule has 0 bridgehead atoms. The lowest BCUT2D eigenvalue weighted by Crippen LogP contribution is -1.74. The van der Waals surface area contributed by atoms with Crippen molar-refractivity contribution < 1.29 is 5.11 Å². The fraction of sp³-hybridized carbons (Fsp3) is 0.0769. The van der Waals surface area contributed by atoms with Crippen molar-refractivity contribution in [2.24, 2.45) is 10.2 Å². The molecule has 0 saturated carbocycles. The second kappa shape index (κ2) is 4.74. The van der Waals surface area contributed by atoms with E-state index in [1.54, 1.807) is 35.7 Å². The van der Waals surface area contributed by atoms with Crippen molar-refractivity contribution in [3.63, 3.8) is 0 Å². The second-order valence-electron chi connectivity index (χ2n) is 3.97. The second-order valence-corrected chi connectivity index (χ2v) is 5.23. The van der Waals surface area contributed by atoms with Crippen LogP contribution in [0.1, 0.15) is 4.88 Å². The minimum Gasteiger partial charge on any atom is -0.507 e. The van der Waals surface area contributed by atoms with E-state index in [1.807, 2.05) is 13.0 Å². The topological polar surface area (TPSA) is 70.7 Å². The maximum atomic E-state index is 9.81. The summed E-state index contributed by atoms with van der Waals surface area (Å²) in [5.41, 5.74) is 0.726. The molecule has 3 rings (SSSR count). The molecule has 0 radical (unpaired) electrons. The molecule has 3 aromatic rings. The average molecular weight is 270 g/mol. The van der Waals surface area contributed by atoms with Gasteiger partial charge in [-0.3, -0.25) is 0 Å². The molecule has 0 unspecified atom stereocenters. The van der Waals surface area contributed by atoms with Crippen LogP contribution in [0.3, 0.4) is 0 Å². The summed E-state index contributed by atoms with van der Waals surface area (Å²) in [4.78, 5) is 8.92. The van der Waals surface area contributed by atoms with Crippen molar-refractivity contribution in [1.82, 2.24) is 9.97 Å². The first-order chi connectivity index (χ1) is 9.24. The molecule has 6 heteroatoms. The molecule has 0 atom stereocenters. The first-order valence-corrected chi connectivity index (χ1v) is 6.45. The molecule has 19 heavy (non-hydrogen) atoms. The van der Waals surface area contributed by atoms with Crippen molar-refractivity contribution in [1.29, 1.82) is 0 Å².